The van der Waals surface area contributed by atoms with Crippen molar-refractivity contribution in [3.63, 3.8) is 0 Å². The summed E-state index contributed by atoms with van der Waals surface area (Å²) in [5, 5.41) is 2.63. The van der Waals surface area contributed by atoms with Crippen molar-refractivity contribution in [2.75, 3.05) is 49.7 Å². The lowest BCUT2D eigenvalue weighted by atomic mass is 10.2. The van der Waals surface area contributed by atoms with Gasteiger partial charge in [0.25, 0.3) is 0 Å². The van der Waals surface area contributed by atoms with Crippen LogP contribution in [0.1, 0.15) is 13.8 Å². The van der Waals surface area contributed by atoms with E-state index in [1.807, 2.05) is 11.8 Å². The quantitative estimate of drug-likeness (QED) is 0.771. The van der Waals surface area contributed by atoms with Gasteiger partial charge in [-0.3, -0.25) is 9.69 Å². The number of ether oxygens (including phenoxy) is 2. The van der Waals surface area contributed by atoms with Crippen molar-refractivity contribution in [1.29, 1.82) is 0 Å². The van der Waals surface area contributed by atoms with Gasteiger partial charge in [-0.25, -0.2) is 9.18 Å². The molecule has 1 aromatic carbocycles. The lowest BCUT2D eigenvalue weighted by molar-refractivity contribution is -0.119. The summed E-state index contributed by atoms with van der Waals surface area (Å²) in [5.74, 6) is -0.542. The zero-order valence-electron chi connectivity index (χ0n) is 14.8. The molecule has 1 saturated heterocycles. The van der Waals surface area contributed by atoms with Crippen LogP contribution in [-0.2, 0) is 14.3 Å². The Morgan fingerprint density at radius 3 is 2.92 bits per heavy atom. The zero-order valence-corrected chi connectivity index (χ0v) is 14.8. The molecule has 1 aromatic rings. The fraction of sp³-hybridized carbons (Fsp3) is 0.529. The van der Waals surface area contributed by atoms with Crippen molar-refractivity contribution >= 4 is 23.4 Å². The van der Waals surface area contributed by atoms with Crippen LogP contribution >= 0.6 is 0 Å². The molecule has 1 atom stereocenters. The van der Waals surface area contributed by atoms with Crippen LogP contribution in [0.4, 0.5) is 20.6 Å². The van der Waals surface area contributed by atoms with E-state index in [4.69, 9.17) is 9.47 Å². The van der Waals surface area contributed by atoms with E-state index in [0.717, 1.165) is 0 Å². The maximum absolute atomic E-state index is 14.2. The monoisotopic (exact) mass is 353 g/mol. The summed E-state index contributed by atoms with van der Waals surface area (Å²) in [5.41, 5.74) is 0.970. The Balaban J connectivity index is 2.15. The molecule has 138 valence electrons. The molecule has 0 aliphatic carbocycles. The number of nitrogens with one attached hydrogen (secondary N) is 1. The summed E-state index contributed by atoms with van der Waals surface area (Å²) < 4.78 is 24.5. The fourth-order valence-corrected chi connectivity index (χ4v) is 2.66. The van der Waals surface area contributed by atoms with Crippen molar-refractivity contribution in [1.82, 2.24) is 5.32 Å². The average Bonchev–Trinajstić information content (AvgIpc) is 2.96. The highest BCUT2D eigenvalue weighted by atomic mass is 19.1. The van der Waals surface area contributed by atoms with Crippen LogP contribution in [0.3, 0.4) is 0 Å². The Hall–Kier alpha value is -2.35. The van der Waals surface area contributed by atoms with E-state index in [1.54, 1.807) is 19.2 Å². The summed E-state index contributed by atoms with van der Waals surface area (Å²) in [7, 11) is 1.59. The van der Waals surface area contributed by atoms with Crippen LogP contribution < -0.4 is 15.1 Å². The van der Waals surface area contributed by atoms with Crippen molar-refractivity contribution in [3.05, 3.63) is 24.0 Å². The first-order chi connectivity index (χ1) is 12.0. The minimum atomic E-state index is -0.507. The van der Waals surface area contributed by atoms with Gasteiger partial charge in [0.2, 0.25) is 5.91 Å². The molecular formula is C17H24FN3O4. The predicted molar refractivity (Wildman–Crippen MR) is 92.5 cm³/mol. The number of cyclic esters (lactones) is 1. The molecule has 1 fully saturated rings. The highest BCUT2D eigenvalue weighted by Crippen LogP contribution is 2.28. The lowest BCUT2D eigenvalue weighted by Crippen LogP contribution is -2.33. The smallest absolute Gasteiger partial charge is 0.414 e. The number of hydrogen-bond acceptors (Lipinski definition) is 5. The van der Waals surface area contributed by atoms with E-state index in [-0.39, 0.29) is 18.3 Å². The molecule has 25 heavy (non-hydrogen) atoms. The van der Waals surface area contributed by atoms with Gasteiger partial charge in [-0.2, -0.15) is 0 Å². The summed E-state index contributed by atoms with van der Waals surface area (Å²) in [6.45, 7) is 5.51. The average molecular weight is 353 g/mol. The molecule has 0 bridgehead atoms. The van der Waals surface area contributed by atoms with Crippen LogP contribution in [0.5, 0.6) is 0 Å². The van der Waals surface area contributed by atoms with Gasteiger partial charge >= 0.3 is 6.09 Å². The van der Waals surface area contributed by atoms with Crippen LogP contribution in [0.25, 0.3) is 0 Å². The van der Waals surface area contributed by atoms with Crippen molar-refractivity contribution in [2.45, 2.75) is 20.0 Å². The number of nitrogens with zero attached hydrogens (tertiary/aromatic N) is 2. The number of halogens is 1. The number of hydrogen-bond donors (Lipinski definition) is 1. The minimum Gasteiger partial charge on any atom is -0.442 e. The summed E-state index contributed by atoms with van der Waals surface area (Å²) in [4.78, 5) is 26.4. The molecule has 0 aromatic heterocycles. The summed E-state index contributed by atoms with van der Waals surface area (Å²) in [6, 6.07) is 4.52. The predicted octanol–water partition coefficient (Wildman–Crippen LogP) is 1.76. The van der Waals surface area contributed by atoms with Gasteiger partial charge in [0.1, 0.15) is 11.9 Å². The van der Waals surface area contributed by atoms with Crippen molar-refractivity contribution in [3.8, 4) is 0 Å². The summed E-state index contributed by atoms with van der Waals surface area (Å²) in [6.07, 6.45) is -0.937. The van der Waals surface area contributed by atoms with Gasteiger partial charge in [0.05, 0.1) is 25.4 Å². The number of benzene rings is 1. The summed E-state index contributed by atoms with van der Waals surface area (Å²) >= 11 is 0. The molecule has 1 aliphatic rings. The van der Waals surface area contributed by atoms with Crippen LogP contribution in [0, 0.1) is 5.82 Å². The van der Waals surface area contributed by atoms with Gasteiger partial charge in [-0.05, 0) is 25.1 Å². The molecule has 0 saturated carbocycles. The van der Waals surface area contributed by atoms with E-state index in [2.05, 4.69) is 5.32 Å². The molecule has 1 N–H and O–H groups in total. The normalized spacial score (nSPS) is 16.7. The van der Waals surface area contributed by atoms with Crippen molar-refractivity contribution in [2.24, 2.45) is 0 Å². The number of likely N-dealkylation sites (N-methyl/N-ethyl adjacent to an activating group) is 1. The fourth-order valence-electron chi connectivity index (χ4n) is 2.66. The Kier molecular flexibility index (Phi) is 6.58. The molecule has 2 amide bonds. The molecule has 0 radical (unpaired) electrons. The van der Waals surface area contributed by atoms with Gasteiger partial charge < -0.3 is 19.7 Å². The van der Waals surface area contributed by atoms with E-state index >= 15 is 0 Å². The SMILES string of the molecule is CCN(CCOC)c1cc(N2CC(CNC(C)=O)OC2=O)ccc1F. The first-order valence-electron chi connectivity index (χ1n) is 8.22. The first-order valence-corrected chi connectivity index (χ1v) is 8.22. The first kappa shape index (κ1) is 19.0. The number of carbonyl (C=O) groups excluding carboxylic acids is 2. The van der Waals surface area contributed by atoms with E-state index in [0.29, 0.717) is 37.6 Å². The minimum absolute atomic E-state index is 0.185. The van der Waals surface area contributed by atoms with Gasteiger partial charge in [-0.15, -0.1) is 0 Å². The van der Waals surface area contributed by atoms with E-state index in [9.17, 15) is 14.0 Å². The van der Waals surface area contributed by atoms with Crippen LogP contribution in [0.15, 0.2) is 18.2 Å². The van der Waals surface area contributed by atoms with E-state index < -0.39 is 12.2 Å². The number of methoxy groups -OCH3 is 1. The zero-order chi connectivity index (χ0) is 18.4. The van der Waals surface area contributed by atoms with Crippen LogP contribution in [0.2, 0.25) is 0 Å². The number of carbonyl (C=O) groups is 2. The molecule has 1 aliphatic heterocycles. The third-order valence-electron chi connectivity index (χ3n) is 3.98. The lowest BCUT2D eigenvalue weighted by Gasteiger charge is -2.25. The van der Waals surface area contributed by atoms with Gasteiger partial charge in [-0.1, -0.05) is 0 Å². The second kappa shape index (κ2) is 8.66. The Morgan fingerprint density at radius 2 is 2.28 bits per heavy atom. The van der Waals surface area contributed by atoms with Crippen molar-refractivity contribution < 1.29 is 23.5 Å². The number of rotatable bonds is 8. The largest absolute Gasteiger partial charge is 0.442 e. The highest BCUT2D eigenvalue weighted by molar-refractivity contribution is 5.90. The third kappa shape index (κ3) is 4.82. The molecule has 1 unspecified atom stereocenters. The number of anilines is 2. The standard InChI is InChI=1S/C17H24FN3O4/c1-4-20(7-8-24-3)16-9-13(5-6-15(16)18)21-11-14(25-17(21)23)10-19-12(2)22/h5-6,9,14H,4,7-8,10-11H2,1-3H3,(H,19,22). The number of amides is 2. The molecule has 0 spiro atoms. The van der Waals surface area contributed by atoms with Gasteiger partial charge in [0.15, 0.2) is 0 Å². The topological polar surface area (TPSA) is 71.1 Å². The Labute approximate surface area is 146 Å². The highest BCUT2D eigenvalue weighted by Gasteiger charge is 2.32. The molecule has 1 heterocycles. The molecule has 8 heteroatoms. The maximum Gasteiger partial charge on any atom is 0.414 e. The second-order valence-corrected chi connectivity index (χ2v) is 5.76. The van der Waals surface area contributed by atoms with Crippen LogP contribution in [-0.4, -0.2) is 58.0 Å². The maximum atomic E-state index is 14.2. The Morgan fingerprint density at radius 1 is 1.52 bits per heavy atom. The third-order valence-corrected chi connectivity index (χ3v) is 3.98. The molecule has 2 rings (SSSR count). The second-order valence-electron chi connectivity index (χ2n) is 5.76. The molecule has 7 nitrogen and oxygen atoms in total. The Bertz CT molecular complexity index is 626. The van der Waals surface area contributed by atoms with Gasteiger partial charge in [0, 0.05) is 32.8 Å². The van der Waals surface area contributed by atoms with E-state index in [1.165, 1.54) is 17.9 Å². The molecular weight excluding hydrogens is 329 g/mol.